The van der Waals surface area contributed by atoms with Gasteiger partial charge in [-0.1, -0.05) is 0 Å². The van der Waals surface area contributed by atoms with E-state index in [1.165, 1.54) is 0 Å². The van der Waals surface area contributed by atoms with Gasteiger partial charge >= 0.3 is 0 Å². The van der Waals surface area contributed by atoms with Crippen LogP contribution < -0.4 is 10.2 Å². The summed E-state index contributed by atoms with van der Waals surface area (Å²) in [6, 6.07) is 15.0. The molecule has 0 saturated heterocycles. The van der Waals surface area contributed by atoms with Crippen LogP contribution in [0.15, 0.2) is 58.8 Å². The second-order valence-electron chi connectivity index (χ2n) is 5.79. The maximum absolute atomic E-state index is 11.9. The molecule has 0 aliphatic carbocycles. The minimum atomic E-state index is -0.0808. The monoisotopic (exact) mass is 310 g/mol. The van der Waals surface area contributed by atoms with Gasteiger partial charge in [-0.2, -0.15) is 10.2 Å². The highest BCUT2D eigenvalue weighted by Crippen LogP contribution is 2.21. The smallest absolute Gasteiger partial charge is 0.251 e. The fraction of sp³-hybridized carbons (Fsp3) is 0.278. The molecule has 2 aromatic rings. The van der Waals surface area contributed by atoms with Gasteiger partial charge in [-0.3, -0.25) is 4.79 Å². The number of benzene rings is 2. The van der Waals surface area contributed by atoms with E-state index in [9.17, 15) is 4.79 Å². The summed E-state index contributed by atoms with van der Waals surface area (Å²) >= 11 is 0. The highest BCUT2D eigenvalue weighted by atomic mass is 16.1. The molecular formula is C18H22N4O. The molecule has 5 nitrogen and oxygen atoms in total. The zero-order valence-electron chi connectivity index (χ0n) is 13.9. The number of anilines is 1. The van der Waals surface area contributed by atoms with Crippen molar-refractivity contribution in [2.75, 3.05) is 19.0 Å². The van der Waals surface area contributed by atoms with Gasteiger partial charge in [0.2, 0.25) is 0 Å². The number of azo groups is 1. The van der Waals surface area contributed by atoms with Crippen molar-refractivity contribution in [1.82, 2.24) is 5.32 Å². The largest absolute Gasteiger partial charge is 0.378 e. The Bertz CT molecular complexity index is 673. The first-order valence-corrected chi connectivity index (χ1v) is 7.56. The minimum Gasteiger partial charge on any atom is -0.378 e. The SMILES string of the molecule is CC(C)NC(=O)c1ccc(N=Nc2ccc(N(C)C)cc2)cc1. The molecule has 1 N–H and O–H groups in total. The van der Waals surface area contributed by atoms with Crippen LogP contribution in [0.2, 0.25) is 0 Å². The number of carbonyl (C=O) groups excluding carboxylic acids is 1. The van der Waals surface area contributed by atoms with Crippen molar-refractivity contribution < 1.29 is 4.79 Å². The van der Waals surface area contributed by atoms with Gasteiger partial charge < -0.3 is 10.2 Å². The lowest BCUT2D eigenvalue weighted by Crippen LogP contribution is -2.29. The number of carbonyl (C=O) groups is 1. The molecule has 0 aliphatic heterocycles. The number of nitrogens with one attached hydrogen (secondary N) is 1. The Hall–Kier alpha value is -2.69. The Labute approximate surface area is 137 Å². The molecule has 23 heavy (non-hydrogen) atoms. The molecule has 0 unspecified atom stereocenters. The van der Waals surface area contributed by atoms with Crippen LogP contribution in [-0.2, 0) is 0 Å². The molecular weight excluding hydrogens is 288 g/mol. The van der Waals surface area contributed by atoms with E-state index in [1.54, 1.807) is 24.3 Å². The summed E-state index contributed by atoms with van der Waals surface area (Å²) in [5.41, 5.74) is 3.23. The Kier molecular flexibility index (Phi) is 5.46. The molecule has 0 spiro atoms. The Morgan fingerprint density at radius 3 is 1.83 bits per heavy atom. The third-order valence-electron chi connectivity index (χ3n) is 3.20. The summed E-state index contributed by atoms with van der Waals surface area (Å²) < 4.78 is 0. The van der Waals surface area contributed by atoms with Crippen LogP contribution in [0.5, 0.6) is 0 Å². The van der Waals surface area contributed by atoms with E-state index >= 15 is 0 Å². The molecule has 0 atom stereocenters. The predicted molar refractivity (Wildman–Crippen MR) is 94.0 cm³/mol. The lowest BCUT2D eigenvalue weighted by Gasteiger charge is -2.11. The number of rotatable bonds is 5. The summed E-state index contributed by atoms with van der Waals surface area (Å²) in [6.45, 7) is 3.87. The average molecular weight is 310 g/mol. The summed E-state index contributed by atoms with van der Waals surface area (Å²) in [5, 5.41) is 11.3. The number of hydrogen-bond acceptors (Lipinski definition) is 4. The van der Waals surface area contributed by atoms with Crippen molar-refractivity contribution in [3.8, 4) is 0 Å². The van der Waals surface area contributed by atoms with Crippen molar-refractivity contribution in [2.24, 2.45) is 10.2 Å². The highest BCUT2D eigenvalue weighted by molar-refractivity contribution is 5.94. The van der Waals surface area contributed by atoms with E-state index in [0.29, 0.717) is 11.3 Å². The first-order valence-electron chi connectivity index (χ1n) is 7.56. The van der Waals surface area contributed by atoms with Crippen LogP contribution in [0.1, 0.15) is 24.2 Å². The van der Waals surface area contributed by atoms with Gasteiger partial charge in [-0.25, -0.2) is 0 Å². The molecule has 0 radical (unpaired) electrons. The van der Waals surface area contributed by atoms with Gasteiger partial charge in [0.05, 0.1) is 11.4 Å². The third kappa shape index (κ3) is 4.92. The topological polar surface area (TPSA) is 57.1 Å². The van der Waals surface area contributed by atoms with Crippen molar-refractivity contribution in [3.63, 3.8) is 0 Å². The molecule has 1 amide bonds. The fourth-order valence-corrected chi connectivity index (χ4v) is 1.96. The molecule has 2 aromatic carbocycles. The maximum atomic E-state index is 11.9. The van der Waals surface area contributed by atoms with Gasteiger partial charge in [-0.15, -0.1) is 0 Å². The summed E-state index contributed by atoms with van der Waals surface area (Å²) in [4.78, 5) is 13.9. The summed E-state index contributed by atoms with van der Waals surface area (Å²) in [5.74, 6) is -0.0808. The molecule has 0 fully saturated rings. The summed E-state index contributed by atoms with van der Waals surface area (Å²) in [6.07, 6.45) is 0. The van der Waals surface area contributed by atoms with Crippen molar-refractivity contribution in [3.05, 3.63) is 54.1 Å². The van der Waals surface area contributed by atoms with Gasteiger partial charge in [-0.05, 0) is 62.4 Å². The standard InChI is InChI=1S/C18H22N4O/c1-13(2)19-18(23)14-5-7-15(8-6-14)20-21-16-9-11-17(12-10-16)22(3)4/h5-13H,1-4H3,(H,19,23). The van der Waals surface area contributed by atoms with Gasteiger partial charge in [0, 0.05) is 31.4 Å². The number of hydrogen-bond donors (Lipinski definition) is 1. The maximum Gasteiger partial charge on any atom is 0.251 e. The molecule has 5 heteroatoms. The summed E-state index contributed by atoms with van der Waals surface area (Å²) in [7, 11) is 3.99. The first kappa shape index (κ1) is 16.7. The van der Waals surface area contributed by atoms with Gasteiger partial charge in [0.25, 0.3) is 5.91 Å². The molecule has 2 rings (SSSR count). The van der Waals surface area contributed by atoms with E-state index in [4.69, 9.17) is 0 Å². The van der Waals surface area contributed by atoms with Crippen molar-refractivity contribution >= 4 is 23.0 Å². The Morgan fingerprint density at radius 2 is 1.39 bits per heavy atom. The predicted octanol–water partition coefficient (Wildman–Crippen LogP) is 4.31. The minimum absolute atomic E-state index is 0.0808. The second kappa shape index (κ2) is 7.54. The molecule has 120 valence electrons. The quantitative estimate of drug-likeness (QED) is 0.837. The van der Waals surface area contributed by atoms with Crippen LogP contribution >= 0.6 is 0 Å². The zero-order chi connectivity index (χ0) is 16.8. The van der Waals surface area contributed by atoms with Gasteiger partial charge in [0.15, 0.2) is 0 Å². The average Bonchev–Trinajstić information content (AvgIpc) is 2.53. The van der Waals surface area contributed by atoms with Crippen LogP contribution in [0.4, 0.5) is 17.1 Å². The molecule has 0 saturated carbocycles. The molecule has 0 bridgehead atoms. The zero-order valence-corrected chi connectivity index (χ0v) is 13.9. The molecule has 0 heterocycles. The second-order valence-corrected chi connectivity index (χ2v) is 5.79. The van der Waals surface area contributed by atoms with Crippen LogP contribution in [0.3, 0.4) is 0 Å². The lowest BCUT2D eigenvalue weighted by atomic mass is 10.2. The van der Waals surface area contributed by atoms with Crippen LogP contribution in [-0.4, -0.2) is 26.0 Å². The molecule has 0 aliphatic rings. The normalized spacial score (nSPS) is 11.0. The first-order chi connectivity index (χ1) is 11.0. The fourth-order valence-electron chi connectivity index (χ4n) is 1.96. The Balaban J connectivity index is 2.04. The third-order valence-corrected chi connectivity index (χ3v) is 3.20. The van der Waals surface area contributed by atoms with E-state index in [-0.39, 0.29) is 11.9 Å². The van der Waals surface area contributed by atoms with E-state index < -0.39 is 0 Å². The number of amides is 1. The van der Waals surface area contributed by atoms with E-state index in [1.807, 2.05) is 57.1 Å². The lowest BCUT2D eigenvalue weighted by molar-refractivity contribution is 0.0943. The van der Waals surface area contributed by atoms with Crippen LogP contribution in [0.25, 0.3) is 0 Å². The van der Waals surface area contributed by atoms with Crippen LogP contribution in [0, 0.1) is 0 Å². The van der Waals surface area contributed by atoms with Crippen molar-refractivity contribution in [1.29, 1.82) is 0 Å². The Morgan fingerprint density at radius 1 is 0.913 bits per heavy atom. The van der Waals surface area contributed by atoms with Gasteiger partial charge in [0.1, 0.15) is 0 Å². The molecule has 0 aromatic heterocycles. The van der Waals surface area contributed by atoms with E-state index in [0.717, 1.165) is 11.4 Å². The van der Waals surface area contributed by atoms with Crippen molar-refractivity contribution in [2.45, 2.75) is 19.9 Å². The number of nitrogens with zero attached hydrogens (tertiary/aromatic N) is 3. The van der Waals surface area contributed by atoms with E-state index in [2.05, 4.69) is 15.5 Å². The highest BCUT2D eigenvalue weighted by Gasteiger charge is 2.06.